The molecule has 23 heteroatoms. The van der Waals surface area contributed by atoms with E-state index in [-0.39, 0.29) is 0 Å². The van der Waals surface area contributed by atoms with Crippen LogP contribution in [0.4, 0.5) is 35.0 Å². The topological polar surface area (TPSA) is 306 Å². The predicted molar refractivity (Wildman–Crippen MR) is 272 cm³/mol. The van der Waals surface area contributed by atoms with E-state index in [1.165, 1.54) is 25.2 Å². The zero-order chi connectivity index (χ0) is 51.0. The molecule has 0 aromatic carbocycles. The molecule has 12 heterocycles. The van der Waals surface area contributed by atoms with E-state index in [4.69, 9.17) is 18.5 Å². The van der Waals surface area contributed by atoms with Crippen LogP contribution in [0.25, 0.3) is 68.1 Å². The predicted octanol–water partition coefficient (Wildman–Crippen LogP) is 9.57. The quantitative estimate of drug-likeness (QED) is 0.103. The number of nitrogens with one attached hydrogen (secondary N) is 3. The highest BCUT2D eigenvalue weighted by molar-refractivity contribution is 5.79. The van der Waals surface area contributed by atoms with Gasteiger partial charge in [-0.25, -0.2) is 64.8 Å². The first-order chi connectivity index (χ1) is 37.0. The van der Waals surface area contributed by atoms with Crippen LogP contribution in [-0.2, 0) is 0 Å². The average molecular weight is 989 g/mol. The van der Waals surface area contributed by atoms with Gasteiger partial charge >= 0.3 is 0 Å². The van der Waals surface area contributed by atoms with E-state index >= 15 is 0 Å². The molecule has 0 saturated heterocycles. The minimum atomic E-state index is 0.353. The number of aryl methyl sites for hydroxylation is 1. The number of pyridine rings is 2. The third-order valence-electron chi connectivity index (χ3n) is 10.3. The third-order valence-corrected chi connectivity index (χ3v) is 10.3. The maximum atomic E-state index is 8.99. The molecule has 0 aliphatic rings. The molecule has 0 bridgehead atoms. The van der Waals surface area contributed by atoms with Crippen molar-refractivity contribution in [1.29, 1.82) is 5.26 Å². The van der Waals surface area contributed by atoms with Crippen LogP contribution in [0.1, 0.15) is 11.3 Å². The number of furan rings is 3. The molecule has 0 spiro atoms. The highest BCUT2D eigenvalue weighted by Gasteiger charge is 2.18. The summed E-state index contributed by atoms with van der Waals surface area (Å²) >= 11 is 0. The second-order valence-electron chi connectivity index (χ2n) is 15.3. The van der Waals surface area contributed by atoms with E-state index in [0.29, 0.717) is 80.7 Å². The summed E-state index contributed by atoms with van der Waals surface area (Å²) in [4.78, 5) is 67.8. The Balaban J connectivity index is 0.000000128. The van der Waals surface area contributed by atoms with Crippen molar-refractivity contribution in [3.05, 3.63) is 196 Å². The van der Waals surface area contributed by atoms with Gasteiger partial charge in [0.1, 0.15) is 42.1 Å². The molecule has 0 saturated carbocycles. The zero-order valence-corrected chi connectivity index (χ0v) is 39.1. The van der Waals surface area contributed by atoms with Crippen LogP contribution in [-0.4, -0.2) is 79.7 Å². The fourth-order valence-corrected chi connectivity index (χ4v) is 6.89. The molecule has 75 heavy (non-hydrogen) atoms. The van der Waals surface area contributed by atoms with Crippen LogP contribution in [0.2, 0.25) is 0 Å². The van der Waals surface area contributed by atoms with Crippen molar-refractivity contribution in [1.82, 2.24) is 79.7 Å². The van der Waals surface area contributed by atoms with Crippen LogP contribution in [0.3, 0.4) is 0 Å². The molecule has 0 atom stereocenters. The first-order valence-corrected chi connectivity index (χ1v) is 22.4. The van der Waals surface area contributed by atoms with E-state index in [2.05, 4.69) is 95.7 Å². The molecule has 0 unspecified atom stereocenters. The second kappa shape index (κ2) is 23.0. The number of hydrogen-bond acceptors (Lipinski definition) is 23. The van der Waals surface area contributed by atoms with Gasteiger partial charge in [-0.1, -0.05) is 0 Å². The monoisotopic (exact) mass is 988 g/mol. The van der Waals surface area contributed by atoms with Gasteiger partial charge < -0.3 is 29.2 Å². The van der Waals surface area contributed by atoms with Crippen molar-refractivity contribution in [3.8, 4) is 74.2 Å². The summed E-state index contributed by atoms with van der Waals surface area (Å²) in [5.74, 6) is 3.60. The molecule has 0 aliphatic carbocycles. The van der Waals surface area contributed by atoms with Gasteiger partial charge in [-0.3, -0.25) is 15.0 Å². The summed E-state index contributed by atoms with van der Waals surface area (Å²) in [5, 5.41) is 18.2. The molecule has 12 aromatic rings. The van der Waals surface area contributed by atoms with Crippen LogP contribution in [0.15, 0.2) is 198 Å². The Morgan fingerprint density at radius 2 is 0.933 bits per heavy atom. The molecule has 0 aliphatic heterocycles. The average Bonchev–Trinajstić information content (AvgIpc) is 4.32. The number of rotatable bonds is 12. The number of nitrogens with zero attached hydrogens (tertiary/aromatic N) is 17. The molecule has 0 amide bonds. The van der Waals surface area contributed by atoms with Gasteiger partial charge in [0, 0.05) is 78.2 Å². The fourth-order valence-electron chi connectivity index (χ4n) is 6.89. The maximum absolute atomic E-state index is 8.99. The smallest absolute Gasteiger partial charge is 0.229 e. The molecule has 362 valence electrons. The molecule has 23 nitrogen and oxygen atoms in total. The molecule has 12 rings (SSSR count). The Kier molecular flexibility index (Phi) is 14.5. The third kappa shape index (κ3) is 12.0. The van der Waals surface area contributed by atoms with Crippen molar-refractivity contribution < 1.29 is 13.3 Å². The number of anilines is 6. The Labute approximate surface area is 425 Å². The Morgan fingerprint density at radius 3 is 1.35 bits per heavy atom. The van der Waals surface area contributed by atoms with Gasteiger partial charge in [0.25, 0.3) is 0 Å². The summed E-state index contributed by atoms with van der Waals surface area (Å²) in [6.07, 6.45) is 28.9. The van der Waals surface area contributed by atoms with E-state index < -0.39 is 0 Å². The summed E-state index contributed by atoms with van der Waals surface area (Å²) in [6, 6.07) is 23.8. The highest BCUT2D eigenvalue weighted by Crippen LogP contribution is 2.33. The van der Waals surface area contributed by atoms with Gasteiger partial charge in [-0.05, 0) is 79.7 Å². The van der Waals surface area contributed by atoms with Gasteiger partial charge in [0.05, 0.1) is 71.4 Å². The van der Waals surface area contributed by atoms with E-state index in [1.54, 1.807) is 117 Å². The van der Waals surface area contributed by atoms with Gasteiger partial charge in [-0.15, -0.1) is 0 Å². The van der Waals surface area contributed by atoms with Crippen LogP contribution in [0.5, 0.6) is 0 Å². The lowest BCUT2D eigenvalue weighted by Gasteiger charge is -2.09. The minimum absolute atomic E-state index is 0.353. The lowest BCUT2D eigenvalue weighted by atomic mass is 10.1. The highest BCUT2D eigenvalue weighted by atomic mass is 16.3. The Morgan fingerprint density at radius 1 is 0.427 bits per heavy atom. The molecule has 12 aromatic heterocycles. The molecular formula is C52H36N20O3. The Hall–Kier alpha value is -11.4. The maximum Gasteiger partial charge on any atom is 0.229 e. The minimum Gasteiger partial charge on any atom is -0.463 e. The lowest BCUT2D eigenvalue weighted by molar-refractivity contribution is 0.580. The summed E-state index contributed by atoms with van der Waals surface area (Å²) in [5.41, 5.74) is 9.05. The first kappa shape index (κ1) is 47.3. The second-order valence-corrected chi connectivity index (χ2v) is 15.3. The van der Waals surface area contributed by atoms with E-state index in [9.17, 15) is 0 Å². The van der Waals surface area contributed by atoms with Gasteiger partial charge in [0.2, 0.25) is 17.8 Å². The largest absolute Gasteiger partial charge is 0.463 e. The van der Waals surface area contributed by atoms with Crippen LogP contribution < -0.4 is 16.0 Å². The summed E-state index contributed by atoms with van der Waals surface area (Å²) in [6.45, 7) is 1.94. The molecule has 0 fully saturated rings. The molecule has 0 radical (unpaired) electrons. The van der Waals surface area contributed by atoms with Crippen molar-refractivity contribution >= 4 is 35.0 Å². The van der Waals surface area contributed by atoms with Crippen molar-refractivity contribution in [2.75, 3.05) is 16.0 Å². The fraction of sp³-hybridized carbons (Fsp3) is 0.0192. The lowest BCUT2D eigenvalue weighted by Crippen LogP contribution is -2.01. The molecule has 3 N–H and O–H groups in total. The summed E-state index contributed by atoms with van der Waals surface area (Å²) in [7, 11) is 0. The molecular weight excluding hydrogens is 953 g/mol. The zero-order valence-electron chi connectivity index (χ0n) is 39.1. The summed E-state index contributed by atoms with van der Waals surface area (Å²) < 4.78 is 16.5. The van der Waals surface area contributed by atoms with Gasteiger partial charge in [0.15, 0.2) is 23.1 Å². The van der Waals surface area contributed by atoms with Crippen LogP contribution in [0, 0.1) is 18.3 Å². The van der Waals surface area contributed by atoms with E-state index in [0.717, 1.165) is 33.8 Å². The number of aromatic nitrogens is 16. The standard InChI is InChI=1S/C18H11N7O.C18H14N6O.C16H11N7O/c19-7-12-6-13(9-21-8-12)24-18-22-10-14(15-3-4-20-11-23-15)17(25-18)16-2-1-5-26-16;1-12-4-5-13(9-20-12)23-18-21-10-14(15-6-7-19-11-22-15)17(24-18)16-3-2-8-25-16;1-2-13(24-7-1)15-11(12-3-4-18-10-21-12)8-20-16(23-15)22-14-9-17-5-6-19-14/h1-6,8-11H,(H,22,24,25);2-11H,1H3,(H,21,23,24);1-10H,(H,19,20,22,23). The van der Waals surface area contributed by atoms with E-state index in [1.807, 2.05) is 55.5 Å². The van der Waals surface area contributed by atoms with Crippen LogP contribution >= 0.6 is 0 Å². The van der Waals surface area contributed by atoms with Crippen molar-refractivity contribution in [2.24, 2.45) is 0 Å². The SMILES string of the molecule is Cc1ccc(Nc2ncc(-c3ccncn3)c(-c3ccco3)n2)cn1.N#Cc1cncc(Nc2ncc(-c3ccncn3)c(-c3ccco3)n2)c1.c1coc(-c2nc(Nc3cnccn3)ncc2-c2ccncn2)c1. The normalized spacial score (nSPS) is 10.5. The number of nitriles is 1. The van der Waals surface area contributed by atoms with Crippen molar-refractivity contribution in [3.63, 3.8) is 0 Å². The number of hydrogen-bond donors (Lipinski definition) is 3. The van der Waals surface area contributed by atoms with Gasteiger partial charge in [-0.2, -0.15) is 5.26 Å². The van der Waals surface area contributed by atoms with Crippen molar-refractivity contribution in [2.45, 2.75) is 6.92 Å². The Bertz CT molecular complexity index is 3760. The first-order valence-electron chi connectivity index (χ1n) is 22.4.